The average molecular weight is 351 g/mol. The maximum Gasteiger partial charge on any atom is 0.325 e. The molecule has 2 aromatic rings. The lowest BCUT2D eigenvalue weighted by atomic mass is 10.2. The molecule has 0 radical (unpaired) electrons. The van der Waals surface area contributed by atoms with E-state index in [-0.39, 0.29) is 29.2 Å². The van der Waals surface area contributed by atoms with Gasteiger partial charge in [-0.25, -0.2) is 4.79 Å². The van der Waals surface area contributed by atoms with Crippen molar-refractivity contribution in [3.8, 4) is 0 Å². The number of carbonyl (C=O) groups excluding carboxylic acids is 1. The van der Waals surface area contributed by atoms with Crippen molar-refractivity contribution in [3.63, 3.8) is 0 Å². The second-order valence-corrected chi connectivity index (χ2v) is 6.45. The van der Waals surface area contributed by atoms with Crippen LogP contribution in [0.3, 0.4) is 0 Å². The molecule has 9 nitrogen and oxygen atoms in total. The summed E-state index contributed by atoms with van der Waals surface area (Å²) in [7, 11) is 0. The van der Waals surface area contributed by atoms with E-state index >= 15 is 0 Å². The lowest BCUT2D eigenvalue weighted by Gasteiger charge is -2.13. The van der Waals surface area contributed by atoms with Gasteiger partial charge in [-0.1, -0.05) is 11.8 Å². The van der Waals surface area contributed by atoms with Gasteiger partial charge >= 0.3 is 5.69 Å². The maximum absolute atomic E-state index is 12.0. The topological polar surface area (TPSA) is 125 Å². The van der Waals surface area contributed by atoms with Crippen molar-refractivity contribution in [3.05, 3.63) is 38.0 Å². The monoisotopic (exact) mass is 351 g/mol. The lowest BCUT2D eigenvalue weighted by Crippen LogP contribution is -2.29. The number of amides is 1. The van der Waals surface area contributed by atoms with Crippen molar-refractivity contribution in [1.29, 1.82) is 0 Å². The van der Waals surface area contributed by atoms with Crippen LogP contribution in [0.5, 0.6) is 0 Å². The molecular weight excluding hydrogens is 334 g/mol. The van der Waals surface area contributed by atoms with Gasteiger partial charge < -0.3 is 14.3 Å². The second-order valence-electron chi connectivity index (χ2n) is 5.53. The van der Waals surface area contributed by atoms with Crippen LogP contribution in [-0.2, 0) is 11.2 Å². The van der Waals surface area contributed by atoms with Crippen LogP contribution in [0.2, 0.25) is 0 Å². The van der Waals surface area contributed by atoms with Crippen LogP contribution in [0.15, 0.2) is 19.2 Å². The predicted molar refractivity (Wildman–Crippen MR) is 86.1 cm³/mol. The standard InChI is InChI=1S/C14H17N5O4S/c1-8-9(12(21)16-13(22)15-8)6-10-17-18-14(23-10)24-7-11(20)19-4-2-3-5-19/h2-7H2,1H3,(H2,15,16,21,22). The van der Waals surface area contributed by atoms with Crippen LogP contribution in [0.4, 0.5) is 0 Å². The smallest absolute Gasteiger partial charge is 0.325 e. The third-order valence-corrected chi connectivity index (χ3v) is 4.61. The molecule has 1 aliphatic heterocycles. The highest BCUT2D eigenvalue weighted by Crippen LogP contribution is 2.19. The Balaban J connectivity index is 1.62. The fourth-order valence-electron chi connectivity index (χ4n) is 2.54. The summed E-state index contributed by atoms with van der Waals surface area (Å²) in [5.41, 5.74) is -0.209. The number of rotatable bonds is 5. The highest BCUT2D eigenvalue weighted by molar-refractivity contribution is 7.99. The molecule has 3 rings (SSSR count). The number of thioether (sulfide) groups is 1. The Bertz CT molecular complexity index is 849. The molecule has 0 bridgehead atoms. The van der Waals surface area contributed by atoms with E-state index in [0.717, 1.165) is 25.9 Å². The van der Waals surface area contributed by atoms with Gasteiger partial charge in [0.1, 0.15) is 0 Å². The second kappa shape index (κ2) is 7.04. The van der Waals surface area contributed by atoms with Gasteiger partial charge in [0.2, 0.25) is 11.8 Å². The summed E-state index contributed by atoms with van der Waals surface area (Å²) in [6, 6.07) is 0. The fourth-order valence-corrected chi connectivity index (χ4v) is 3.22. The van der Waals surface area contributed by atoms with Gasteiger partial charge in [-0.15, -0.1) is 10.2 Å². The Morgan fingerprint density at radius 1 is 1.25 bits per heavy atom. The van der Waals surface area contributed by atoms with E-state index in [1.807, 2.05) is 4.90 Å². The van der Waals surface area contributed by atoms with E-state index in [1.54, 1.807) is 6.92 Å². The number of hydrogen-bond acceptors (Lipinski definition) is 7. The highest BCUT2D eigenvalue weighted by Gasteiger charge is 2.19. The van der Waals surface area contributed by atoms with E-state index in [2.05, 4.69) is 20.2 Å². The quantitative estimate of drug-likeness (QED) is 0.730. The molecule has 24 heavy (non-hydrogen) atoms. The van der Waals surface area contributed by atoms with Crippen molar-refractivity contribution in [2.24, 2.45) is 0 Å². The number of H-pyrrole nitrogens is 2. The summed E-state index contributed by atoms with van der Waals surface area (Å²) in [4.78, 5) is 41.5. The van der Waals surface area contributed by atoms with E-state index in [9.17, 15) is 14.4 Å². The molecule has 1 fully saturated rings. The van der Waals surface area contributed by atoms with Gasteiger partial charge in [-0.2, -0.15) is 0 Å². The molecule has 128 valence electrons. The molecule has 2 aromatic heterocycles. The van der Waals surface area contributed by atoms with Crippen molar-refractivity contribution in [1.82, 2.24) is 25.1 Å². The van der Waals surface area contributed by atoms with Crippen LogP contribution < -0.4 is 11.2 Å². The van der Waals surface area contributed by atoms with Crippen molar-refractivity contribution in [2.45, 2.75) is 31.4 Å². The molecule has 0 unspecified atom stereocenters. The Morgan fingerprint density at radius 2 is 2.00 bits per heavy atom. The van der Waals surface area contributed by atoms with Crippen LogP contribution in [0, 0.1) is 6.92 Å². The molecule has 1 aliphatic rings. The number of nitrogens with zero attached hydrogens (tertiary/aromatic N) is 3. The summed E-state index contributed by atoms with van der Waals surface area (Å²) in [6.07, 6.45) is 2.22. The average Bonchev–Trinajstić information content (AvgIpc) is 3.20. The van der Waals surface area contributed by atoms with Gasteiger partial charge in [-0.05, 0) is 19.8 Å². The summed E-state index contributed by atoms with van der Waals surface area (Å²) in [5, 5.41) is 8.05. The SMILES string of the molecule is Cc1[nH]c(=O)[nH]c(=O)c1Cc1nnc(SCC(=O)N2CCCC2)o1. The molecule has 1 saturated heterocycles. The number of hydrogen-bond donors (Lipinski definition) is 2. The van der Waals surface area contributed by atoms with Crippen LogP contribution in [0.1, 0.15) is 30.0 Å². The first-order valence-electron chi connectivity index (χ1n) is 7.58. The third kappa shape index (κ3) is 3.75. The predicted octanol–water partition coefficient (Wildman–Crippen LogP) is 0.0599. The van der Waals surface area contributed by atoms with Gasteiger partial charge in [-0.3, -0.25) is 14.6 Å². The summed E-state index contributed by atoms with van der Waals surface area (Å²) in [6.45, 7) is 3.25. The Morgan fingerprint density at radius 3 is 2.71 bits per heavy atom. The fraction of sp³-hybridized carbons (Fsp3) is 0.500. The summed E-state index contributed by atoms with van der Waals surface area (Å²) < 4.78 is 5.47. The minimum Gasteiger partial charge on any atom is -0.416 e. The Hall–Kier alpha value is -2.36. The number of aromatic nitrogens is 4. The largest absolute Gasteiger partial charge is 0.416 e. The van der Waals surface area contributed by atoms with Crippen molar-refractivity contribution < 1.29 is 9.21 Å². The van der Waals surface area contributed by atoms with Gasteiger partial charge in [0.15, 0.2) is 0 Å². The van der Waals surface area contributed by atoms with E-state index in [0.29, 0.717) is 11.3 Å². The molecule has 2 N–H and O–H groups in total. The molecule has 0 aromatic carbocycles. The highest BCUT2D eigenvalue weighted by atomic mass is 32.2. The number of nitrogens with one attached hydrogen (secondary N) is 2. The van der Waals surface area contributed by atoms with E-state index < -0.39 is 11.2 Å². The molecular formula is C14H17N5O4S. The molecule has 0 atom stereocenters. The van der Waals surface area contributed by atoms with Gasteiger partial charge in [0.25, 0.3) is 10.8 Å². The number of carbonyl (C=O) groups is 1. The number of aryl methyl sites for hydroxylation is 1. The van der Waals surface area contributed by atoms with Crippen molar-refractivity contribution in [2.75, 3.05) is 18.8 Å². The summed E-state index contributed by atoms with van der Waals surface area (Å²) >= 11 is 1.18. The summed E-state index contributed by atoms with van der Waals surface area (Å²) in [5.74, 6) is 0.567. The third-order valence-electron chi connectivity index (χ3n) is 3.81. The van der Waals surface area contributed by atoms with E-state index in [1.165, 1.54) is 11.8 Å². The Kier molecular flexibility index (Phi) is 4.84. The normalized spacial score (nSPS) is 14.3. The first kappa shape index (κ1) is 16.5. The lowest BCUT2D eigenvalue weighted by molar-refractivity contribution is -0.127. The van der Waals surface area contributed by atoms with Gasteiger partial charge in [0, 0.05) is 24.3 Å². The Labute approximate surface area is 140 Å². The molecule has 3 heterocycles. The van der Waals surface area contributed by atoms with Gasteiger partial charge in [0.05, 0.1) is 12.2 Å². The molecule has 0 aliphatic carbocycles. The minimum absolute atomic E-state index is 0.0603. The first-order valence-corrected chi connectivity index (χ1v) is 8.56. The first-order chi connectivity index (χ1) is 11.5. The number of likely N-dealkylation sites (tertiary alicyclic amines) is 1. The molecule has 10 heteroatoms. The zero-order valence-electron chi connectivity index (χ0n) is 13.1. The van der Waals surface area contributed by atoms with Crippen LogP contribution >= 0.6 is 11.8 Å². The number of aromatic amines is 2. The van der Waals surface area contributed by atoms with E-state index in [4.69, 9.17) is 4.42 Å². The van der Waals surface area contributed by atoms with Crippen molar-refractivity contribution >= 4 is 17.7 Å². The molecule has 1 amide bonds. The minimum atomic E-state index is -0.552. The maximum atomic E-state index is 12.0. The zero-order valence-corrected chi connectivity index (χ0v) is 13.9. The molecule has 0 spiro atoms. The zero-order chi connectivity index (χ0) is 17.1. The molecule has 0 saturated carbocycles. The van der Waals surface area contributed by atoms with Crippen LogP contribution in [0.25, 0.3) is 0 Å². The van der Waals surface area contributed by atoms with Crippen LogP contribution in [-0.4, -0.2) is 49.8 Å².